The Labute approximate surface area is 114 Å². The van der Waals surface area contributed by atoms with Gasteiger partial charge in [-0.3, -0.25) is 10.1 Å². The molecule has 1 aromatic carbocycles. The lowest BCUT2D eigenvalue weighted by atomic mass is 10.0. The second-order valence-electron chi connectivity index (χ2n) is 4.82. The Balaban J connectivity index is 2.58. The summed E-state index contributed by atoms with van der Waals surface area (Å²) in [5.41, 5.74) is 1.04. The summed E-state index contributed by atoms with van der Waals surface area (Å²) in [5, 5.41) is 14.1. The Morgan fingerprint density at radius 2 is 2.16 bits per heavy atom. The second-order valence-corrected chi connectivity index (χ2v) is 4.82. The van der Waals surface area contributed by atoms with E-state index in [9.17, 15) is 10.1 Å². The number of hydrogen-bond acceptors (Lipinski definition) is 4. The number of ether oxygens (including phenoxy) is 1. The molecule has 19 heavy (non-hydrogen) atoms. The smallest absolute Gasteiger partial charge is 0.269 e. The molecule has 0 aliphatic rings. The Bertz CT molecular complexity index is 407. The highest BCUT2D eigenvalue weighted by Gasteiger charge is 2.13. The maximum atomic E-state index is 10.7. The Kier molecular flexibility index (Phi) is 6.45. The minimum Gasteiger partial charge on any atom is -0.380 e. The number of benzene rings is 1. The number of nitrogens with zero attached hydrogens (tertiary/aromatic N) is 1. The zero-order chi connectivity index (χ0) is 14.3. The summed E-state index contributed by atoms with van der Waals surface area (Å²) in [5.74, 6) is 0.449. The highest BCUT2D eigenvalue weighted by atomic mass is 16.6. The molecular formula is C14H22N2O3. The first-order valence-corrected chi connectivity index (χ1v) is 6.59. The van der Waals surface area contributed by atoms with E-state index in [1.807, 2.05) is 13.0 Å². The van der Waals surface area contributed by atoms with Crippen molar-refractivity contribution >= 4 is 5.69 Å². The number of nitro benzene ring substituents is 1. The van der Waals surface area contributed by atoms with Crippen LogP contribution in [0.1, 0.15) is 26.3 Å². The van der Waals surface area contributed by atoms with Crippen molar-refractivity contribution in [3.8, 4) is 0 Å². The first-order valence-electron chi connectivity index (χ1n) is 6.59. The summed E-state index contributed by atoms with van der Waals surface area (Å²) >= 11 is 0. The SMILES string of the molecule is CCOCC(NCc1cccc([N+](=O)[O-])c1)C(C)C. The van der Waals surface area contributed by atoms with Gasteiger partial charge in [0.25, 0.3) is 5.69 Å². The van der Waals surface area contributed by atoms with Crippen molar-refractivity contribution in [2.24, 2.45) is 5.92 Å². The Morgan fingerprint density at radius 3 is 2.74 bits per heavy atom. The van der Waals surface area contributed by atoms with E-state index in [2.05, 4.69) is 19.2 Å². The van der Waals surface area contributed by atoms with Gasteiger partial charge in [0.15, 0.2) is 0 Å². The number of hydrogen-bond donors (Lipinski definition) is 1. The van der Waals surface area contributed by atoms with Crippen LogP contribution in [-0.4, -0.2) is 24.2 Å². The molecule has 0 fully saturated rings. The lowest BCUT2D eigenvalue weighted by Gasteiger charge is -2.22. The fraction of sp³-hybridized carbons (Fsp3) is 0.571. The minimum absolute atomic E-state index is 0.130. The van der Waals surface area contributed by atoms with Gasteiger partial charge >= 0.3 is 0 Å². The molecule has 0 aliphatic heterocycles. The molecule has 1 N–H and O–H groups in total. The van der Waals surface area contributed by atoms with Crippen molar-refractivity contribution in [3.05, 3.63) is 39.9 Å². The van der Waals surface area contributed by atoms with E-state index < -0.39 is 0 Å². The molecule has 0 amide bonds. The third-order valence-electron chi connectivity index (χ3n) is 3.00. The van der Waals surface area contributed by atoms with Crippen LogP contribution in [-0.2, 0) is 11.3 Å². The average Bonchev–Trinajstić information content (AvgIpc) is 2.38. The van der Waals surface area contributed by atoms with Crippen LogP contribution >= 0.6 is 0 Å². The zero-order valence-corrected chi connectivity index (χ0v) is 11.8. The summed E-state index contributed by atoms with van der Waals surface area (Å²) in [7, 11) is 0. The zero-order valence-electron chi connectivity index (χ0n) is 11.8. The first-order chi connectivity index (χ1) is 9.04. The normalized spacial score (nSPS) is 12.6. The molecule has 1 rings (SSSR count). The summed E-state index contributed by atoms with van der Waals surface area (Å²) in [6.07, 6.45) is 0. The highest BCUT2D eigenvalue weighted by molar-refractivity contribution is 5.34. The van der Waals surface area contributed by atoms with Gasteiger partial charge in [0.1, 0.15) is 0 Å². The first kappa shape index (κ1) is 15.6. The molecule has 1 unspecified atom stereocenters. The lowest BCUT2D eigenvalue weighted by molar-refractivity contribution is -0.384. The molecule has 106 valence electrons. The van der Waals surface area contributed by atoms with Crippen molar-refractivity contribution in [3.63, 3.8) is 0 Å². The summed E-state index contributed by atoms with van der Waals surface area (Å²) < 4.78 is 5.44. The molecule has 0 aromatic heterocycles. The van der Waals surface area contributed by atoms with E-state index in [4.69, 9.17) is 4.74 Å². The monoisotopic (exact) mass is 266 g/mol. The fourth-order valence-corrected chi connectivity index (χ4v) is 1.76. The van der Waals surface area contributed by atoms with Crippen LogP contribution in [0.4, 0.5) is 5.69 Å². The van der Waals surface area contributed by atoms with Gasteiger partial charge in [0, 0.05) is 31.3 Å². The molecule has 0 saturated carbocycles. The van der Waals surface area contributed by atoms with Crippen molar-refractivity contribution in [1.82, 2.24) is 5.32 Å². The Morgan fingerprint density at radius 1 is 1.42 bits per heavy atom. The van der Waals surface area contributed by atoms with Gasteiger partial charge in [-0.15, -0.1) is 0 Å². The third-order valence-corrected chi connectivity index (χ3v) is 3.00. The van der Waals surface area contributed by atoms with E-state index in [1.165, 1.54) is 6.07 Å². The third kappa shape index (κ3) is 5.36. The van der Waals surface area contributed by atoms with Crippen molar-refractivity contribution in [2.75, 3.05) is 13.2 Å². The van der Waals surface area contributed by atoms with Gasteiger partial charge in [-0.1, -0.05) is 26.0 Å². The fourth-order valence-electron chi connectivity index (χ4n) is 1.76. The topological polar surface area (TPSA) is 64.4 Å². The maximum Gasteiger partial charge on any atom is 0.269 e. The van der Waals surface area contributed by atoms with E-state index >= 15 is 0 Å². The lowest BCUT2D eigenvalue weighted by Crippen LogP contribution is -2.37. The van der Waals surface area contributed by atoms with Crippen molar-refractivity contribution < 1.29 is 9.66 Å². The van der Waals surface area contributed by atoms with Gasteiger partial charge < -0.3 is 10.1 Å². The summed E-state index contributed by atoms with van der Waals surface area (Å²) in [4.78, 5) is 10.3. The summed E-state index contributed by atoms with van der Waals surface area (Å²) in [6, 6.07) is 6.95. The van der Waals surface area contributed by atoms with E-state index in [0.717, 1.165) is 5.56 Å². The molecule has 0 radical (unpaired) electrons. The van der Waals surface area contributed by atoms with Crippen LogP contribution in [0.5, 0.6) is 0 Å². The van der Waals surface area contributed by atoms with Crippen LogP contribution in [0.15, 0.2) is 24.3 Å². The predicted molar refractivity (Wildman–Crippen MR) is 75.1 cm³/mol. The Hall–Kier alpha value is -1.46. The van der Waals surface area contributed by atoms with Crippen LogP contribution in [0, 0.1) is 16.0 Å². The van der Waals surface area contributed by atoms with Crippen LogP contribution in [0.3, 0.4) is 0 Å². The van der Waals surface area contributed by atoms with E-state index in [1.54, 1.807) is 12.1 Å². The molecule has 0 aliphatic carbocycles. The van der Waals surface area contributed by atoms with Gasteiger partial charge in [-0.2, -0.15) is 0 Å². The molecule has 0 heterocycles. The van der Waals surface area contributed by atoms with Crippen LogP contribution in [0.2, 0.25) is 0 Å². The number of non-ortho nitro benzene ring substituents is 1. The molecule has 0 bridgehead atoms. The molecule has 0 spiro atoms. The number of nitro groups is 1. The number of rotatable bonds is 8. The van der Waals surface area contributed by atoms with E-state index in [-0.39, 0.29) is 16.7 Å². The largest absolute Gasteiger partial charge is 0.380 e. The minimum atomic E-state index is -0.371. The number of nitrogens with one attached hydrogen (secondary N) is 1. The van der Waals surface area contributed by atoms with Crippen molar-refractivity contribution in [1.29, 1.82) is 0 Å². The quantitative estimate of drug-likeness (QED) is 0.580. The van der Waals surface area contributed by atoms with Gasteiger partial charge in [-0.05, 0) is 18.4 Å². The molecule has 1 aromatic rings. The molecule has 0 saturated heterocycles. The second kappa shape index (κ2) is 7.86. The van der Waals surface area contributed by atoms with Gasteiger partial charge in [0.2, 0.25) is 0 Å². The molecular weight excluding hydrogens is 244 g/mol. The van der Waals surface area contributed by atoms with Crippen LogP contribution in [0.25, 0.3) is 0 Å². The standard InChI is InChI=1S/C14H22N2O3/c1-4-19-10-14(11(2)3)15-9-12-6-5-7-13(8-12)16(17)18/h5-8,11,14-15H,4,9-10H2,1-3H3. The highest BCUT2D eigenvalue weighted by Crippen LogP contribution is 2.13. The van der Waals surface area contributed by atoms with Gasteiger partial charge in [0.05, 0.1) is 11.5 Å². The van der Waals surface area contributed by atoms with Gasteiger partial charge in [-0.25, -0.2) is 0 Å². The molecule has 1 atom stereocenters. The molecule has 5 nitrogen and oxygen atoms in total. The molecule has 5 heteroatoms. The van der Waals surface area contributed by atoms with E-state index in [0.29, 0.717) is 25.7 Å². The average molecular weight is 266 g/mol. The van der Waals surface area contributed by atoms with Crippen molar-refractivity contribution in [2.45, 2.75) is 33.4 Å². The summed E-state index contributed by atoms with van der Waals surface area (Å²) in [6.45, 7) is 8.19. The maximum absolute atomic E-state index is 10.7. The predicted octanol–water partition coefficient (Wildman–Crippen LogP) is 2.75. The van der Waals surface area contributed by atoms with Crippen LogP contribution < -0.4 is 5.32 Å².